The maximum atomic E-state index is 11.6. The van der Waals surface area contributed by atoms with Gasteiger partial charge in [-0.15, -0.1) is 0 Å². The topological polar surface area (TPSA) is 29.1 Å². The molecule has 104 valence electrons. The average Bonchev–Trinajstić information content (AvgIpc) is 2.83. The van der Waals surface area contributed by atoms with Crippen LogP contribution in [-0.4, -0.2) is 12.5 Å². The van der Waals surface area contributed by atoms with Crippen LogP contribution in [-0.2, 0) is 4.79 Å². The van der Waals surface area contributed by atoms with Crippen LogP contribution in [0.15, 0.2) is 11.6 Å². The highest BCUT2D eigenvalue weighted by Crippen LogP contribution is 2.54. The first-order valence-corrected chi connectivity index (χ1v) is 8.28. The van der Waals surface area contributed by atoms with Gasteiger partial charge in [0.05, 0.1) is 0 Å². The van der Waals surface area contributed by atoms with E-state index in [1.54, 1.807) is 5.57 Å². The number of nitrogens with one attached hydrogen (secondary N) is 1. The van der Waals surface area contributed by atoms with E-state index in [2.05, 4.69) is 11.4 Å². The van der Waals surface area contributed by atoms with Crippen LogP contribution in [0.3, 0.4) is 0 Å². The average molecular weight is 259 g/mol. The van der Waals surface area contributed by atoms with Gasteiger partial charge < -0.3 is 5.32 Å². The van der Waals surface area contributed by atoms with E-state index in [0.717, 1.165) is 49.0 Å². The Morgan fingerprint density at radius 1 is 1.00 bits per heavy atom. The maximum Gasteiger partial charge on any atom is 0.220 e. The fourth-order valence-electron chi connectivity index (χ4n) is 5.67. The van der Waals surface area contributed by atoms with Crippen molar-refractivity contribution in [2.75, 3.05) is 6.54 Å². The second-order valence-electron chi connectivity index (χ2n) is 7.20. The molecular formula is C17H25NO. The molecule has 3 fully saturated rings. The maximum absolute atomic E-state index is 11.6. The number of hydrogen-bond donors (Lipinski definition) is 1. The van der Waals surface area contributed by atoms with Crippen LogP contribution in [0.1, 0.15) is 51.4 Å². The molecule has 4 rings (SSSR count). The molecule has 1 aliphatic heterocycles. The fraction of sp³-hybridized carbons (Fsp3) is 0.824. The van der Waals surface area contributed by atoms with Gasteiger partial charge in [0, 0.05) is 13.0 Å². The molecule has 0 aromatic carbocycles. The predicted octanol–water partition coefficient (Wildman–Crippen LogP) is 3.29. The minimum absolute atomic E-state index is 0.265. The summed E-state index contributed by atoms with van der Waals surface area (Å²) >= 11 is 0. The minimum Gasteiger partial charge on any atom is -0.352 e. The third-order valence-corrected chi connectivity index (χ3v) is 6.51. The van der Waals surface area contributed by atoms with Crippen molar-refractivity contribution in [1.82, 2.24) is 5.32 Å². The number of amides is 1. The van der Waals surface area contributed by atoms with Gasteiger partial charge in [0.2, 0.25) is 5.91 Å². The van der Waals surface area contributed by atoms with Crippen LogP contribution in [0.4, 0.5) is 0 Å². The van der Waals surface area contributed by atoms with E-state index in [1.807, 2.05) is 0 Å². The van der Waals surface area contributed by atoms with Crippen molar-refractivity contribution in [3.8, 4) is 0 Å². The monoisotopic (exact) mass is 259 g/mol. The van der Waals surface area contributed by atoms with E-state index >= 15 is 0 Å². The van der Waals surface area contributed by atoms with Crippen molar-refractivity contribution in [2.24, 2.45) is 29.6 Å². The van der Waals surface area contributed by atoms with E-state index < -0.39 is 0 Å². The molecule has 3 aliphatic carbocycles. The summed E-state index contributed by atoms with van der Waals surface area (Å²) in [4.78, 5) is 11.6. The molecule has 19 heavy (non-hydrogen) atoms. The fourth-order valence-corrected chi connectivity index (χ4v) is 5.67. The first kappa shape index (κ1) is 12.0. The molecule has 0 spiro atoms. The Balaban J connectivity index is 1.60. The van der Waals surface area contributed by atoms with Gasteiger partial charge in [-0.1, -0.05) is 24.5 Å². The highest BCUT2D eigenvalue weighted by Gasteiger charge is 2.46. The van der Waals surface area contributed by atoms with Crippen LogP contribution in [0.2, 0.25) is 0 Å². The smallest absolute Gasteiger partial charge is 0.220 e. The molecule has 1 saturated heterocycles. The van der Waals surface area contributed by atoms with Gasteiger partial charge in [-0.2, -0.15) is 0 Å². The van der Waals surface area contributed by atoms with E-state index in [9.17, 15) is 4.79 Å². The number of allylic oxidation sites excluding steroid dienone is 1. The molecule has 2 nitrogen and oxygen atoms in total. The minimum atomic E-state index is 0.265. The largest absolute Gasteiger partial charge is 0.352 e. The lowest BCUT2D eigenvalue weighted by Crippen LogP contribution is -2.39. The van der Waals surface area contributed by atoms with Crippen LogP contribution in [0, 0.1) is 29.6 Å². The van der Waals surface area contributed by atoms with E-state index in [-0.39, 0.29) is 5.91 Å². The predicted molar refractivity (Wildman–Crippen MR) is 75.5 cm³/mol. The van der Waals surface area contributed by atoms with Crippen LogP contribution in [0.25, 0.3) is 0 Å². The summed E-state index contributed by atoms with van der Waals surface area (Å²) in [6.45, 7) is 0.834. The highest BCUT2D eigenvalue weighted by atomic mass is 16.1. The summed E-state index contributed by atoms with van der Waals surface area (Å²) in [5, 5.41) is 3.08. The van der Waals surface area contributed by atoms with Crippen LogP contribution >= 0.6 is 0 Å². The van der Waals surface area contributed by atoms with E-state index in [4.69, 9.17) is 0 Å². The quantitative estimate of drug-likeness (QED) is 0.665. The normalized spacial score (nSPS) is 45.4. The van der Waals surface area contributed by atoms with Gasteiger partial charge in [-0.3, -0.25) is 4.79 Å². The van der Waals surface area contributed by atoms with Crippen LogP contribution in [0.5, 0.6) is 0 Å². The van der Waals surface area contributed by atoms with Crippen molar-refractivity contribution in [1.29, 1.82) is 0 Å². The van der Waals surface area contributed by atoms with Crippen LogP contribution < -0.4 is 5.32 Å². The van der Waals surface area contributed by atoms with E-state index in [0.29, 0.717) is 0 Å². The standard InChI is InChI=1S/C17H25NO/c19-17-9-8-14-12(10-18-17)5-7-15-13-3-1-2-11(13)4-6-16(14)15/h5,11,13-16H,1-4,6-10H2,(H,18,19). The van der Waals surface area contributed by atoms with Crippen molar-refractivity contribution < 1.29 is 4.79 Å². The lowest BCUT2D eigenvalue weighted by atomic mass is 9.58. The highest BCUT2D eigenvalue weighted by molar-refractivity contribution is 5.76. The molecule has 0 radical (unpaired) electrons. The third kappa shape index (κ3) is 1.95. The van der Waals surface area contributed by atoms with Crippen molar-refractivity contribution in [3.05, 3.63) is 11.6 Å². The molecule has 0 aromatic rings. The summed E-state index contributed by atoms with van der Waals surface area (Å²) in [6.07, 6.45) is 13.0. The van der Waals surface area contributed by atoms with Gasteiger partial charge in [-0.05, 0) is 61.7 Å². The number of hydrogen-bond acceptors (Lipinski definition) is 1. The summed E-state index contributed by atoms with van der Waals surface area (Å²) in [7, 11) is 0. The van der Waals surface area contributed by atoms with Gasteiger partial charge in [-0.25, -0.2) is 0 Å². The molecule has 0 aromatic heterocycles. The van der Waals surface area contributed by atoms with Gasteiger partial charge in [0.25, 0.3) is 0 Å². The van der Waals surface area contributed by atoms with Crippen molar-refractivity contribution in [2.45, 2.75) is 51.4 Å². The Morgan fingerprint density at radius 2 is 1.95 bits per heavy atom. The molecule has 1 heterocycles. The zero-order valence-corrected chi connectivity index (χ0v) is 11.7. The summed E-state index contributed by atoms with van der Waals surface area (Å²) < 4.78 is 0. The number of carbonyl (C=O) groups excluding carboxylic acids is 1. The zero-order chi connectivity index (χ0) is 12.8. The summed E-state index contributed by atoms with van der Waals surface area (Å²) in [5.41, 5.74) is 1.56. The first-order chi connectivity index (χ1) is 9.33. The summed E-state index contributed by atoms with van der Waals surface area (Å²) in [5.74, 6) is 4.89. The molecular weight excluding hydrogens is 234 g/mol. The Hall–Kier alpha value is -0.790. The molecule has 5 unspecified atom stereocenters. The second kappa shape index (κ2) is 4.64. The lowest BCUT2D eigenvalue weighted by molar-refractivity contribution is -0.120. The Kier molecular flexibility index (Phi) is 2.93. The van der Waals surface area contributed by atoms with Gasteiger partial charge in [0.15, 0.2) is 0 Å². The zero-order valence-electron chi connectivity index (χ0n) is 11.7. The Morgan fingerprint density at radius 3 is 2.89 bits per heavy atom. The summed E-state index contributed by atoms with van der Waals surface area (Å²) in [6, 6.07) is 0. The molecule has 2 saturated carbocycles. The Labute approximate surface area is 116 Å². The van der Waals surface area contributed by atoms with Gasteiger partial charge in [0.1, 0.15) is 0 Å². The molecule has 0 bridgehead atoms. The van der Waals surface area contributed by atoms with Crippen molar-refractivity contribution >= 4 is 5.91 Å². The third-order valence-electron chi connectivity index (χ3n) is 6.51. The molecule has 1 N–H and O–H groups in total. The molecule has 2 heteroatoms. The first-order valence-electron chi connectivity index (χ1n) is 8.28. The van der Waals surface area contributed by atoms with E-state index in [1.165, 1.54) is 38.5 Å². The molecule has 4 aliphatic rings. The number of rotatable bonds is 0. The molecule has 5 atom stereocenters. The SMILES string of the molecule is O=C1CCC2C(=CCC3C4CCCC4CCC23)CN1. The number of carbonyl (C=O) groups is 1. The number of fused-ring (bicyclic) bond motifs is 5. The molecule has 1 amide bonds. The second-order valence-corrected chi connectivity index (χ2v) is 7.20. The van der Waals surface area contributed by atoms with Crippen molar-refractivity contribution in [3.63, 3.8) is 0 Å². The lowest BCUT2D eigenvalue weighted by Gasteiger charge is -2.46. The van der Waals surface area contributed by atoms with Gasteiger partial charge >= 0.3 is 0 Å². The Bertz CT molecular complexity index is 413.